The van der Waals surface area contributed by atoms with Crippen molar-refractivity contribution in [2.24, 2.45) is 11.5 Å². The van der Waals surface area contributed by atoms with E-state index in [0.29, 0.717) is 31.2 Å². The number of methoxy groups -OCH3 is 1. The summed E-state index contributed by atoms with van der Waals surface area (Å²) in [5.41, 5.74) is 11.9. The number of carbonyl (C=O) groups excluding carboxylic acids is 1. The SMILES string of the molecule is COc1cc(Nc2nc(N[C@@H]3COCC[C@@H]3N)c(F)cc2C(N)=O)ccn1. The summed E-state index contributed by atoms with van der Waals surface area (Å²) in [6.45, 7) is 0.900. The maximum absolute atomic E-state index is 14.5. The molecule has 1 saturated heterocycles. The topological polar surface area (TPSA) is 137 Å². The number of hydrogen-bond acceptors (Lipinski definition) is 8. The van der Waals surface area contributed by atoms with Crippen LogP contribution >= 0.6 is 0 Å². The lowest BCUT2D eigenvalue weighted by molar-refractivity contribution is 0.0766. The average molecular weight is 376 g/mol. The predicted molar refractivity (Wildman–Crippen MR) is 97.6 cm³/mol. The summed E-state index contributed by atoms with van der Waals surface area (Å²) in [6.07, 6.45) is 2.17. The van der Waals surface area contributed by atoms with Crippen LogP contribution in [0.4, 0.5) is 21.7 Å². The van der Waals surface area contributed by atoms with Crippen LogP contribution in [0.25, 0.3) is 0 Å². The number of carbonyl (C=O) groups is 1. The third-order valence-electron chi connectivity index (χ3n) is 4.18. The Bertz CT molecular complexity index is 834. The van der Waals surface area contributed by atoms with Crippen LogP contribution in [0, 0.1) is 5.82 Å². The van der Waals surface area contributed by atoms with Crippen molar-refractivity contribution in [1.82, 2.24) is 9.97 Å². The van der Waals surface area contributed by atoms with Crippen LogP contribution in [-0.2, 0) is 4.74 Å². The van der Waals surface area contributed by atoms with Gasteiger partial charge in [-0.1, -0.05) is 0 Å². The fourth-order valence-electron chi connectivity index (χ4n) is 2.69. The Labute approximate surface area is 155 Å². The highest BCUT2D eigenvalue weighted by Crippen LogP contribution is 2.26. The van der Waals surface area contributed by atoms with Gasteiger partial charge in [0.2, 0.25) is 5.88 Å². The number of nitrogens with one attached hydrogen (secondary N) is 2. The first-order chi connectivity index (χ1) is 13.0. The molecule has 3 rings (SSSR count). The number of primary amides is 1. The zero-order valence-corrected chi connectivity index (χ0v) is 14.7. The molecule has 27 heavy (non-hydrogen) atoms. The number of rotatable bonds is 6. The van der Waals surface area contributed by atoms with E-state index in [4.69, 9.17) is 20.9 Å². The molecule has 2 aromatic heterocycles. The number of nitrogens with zero attached hydrogens (tertiary/aromatic N) is 2. The maximum Gasteiger partial charge on any atom is 0.252 e. The molecule has 9 nitrogen and oxygen atoms in total. The Morgan fingerprint density at radius 1 is 1.41 bits per heavy atom. The van der Waals surface area contributed by atoms with E-state index in [-0.39, 0.29) is 29.3 Å². The van der Waals surface area contributed by atoms with Crippen molar-refractivity contribution >= 4 is 23.2 Å². The lowest BCUT2D eigenvalue weighted by Gasteiger charge is -2.30. The average Bonchev–Trinajstić information content (AvgIpc) is 2.66. The zero-order valence-electron chi connectivity index (χ0n) is 14.7. The van der Waals surface area contributed by atoms with Crippen LogP contribution in [0.1, 0.15) is 16.8 Å². The Balaban J connectivity index is 1.91. The minimum Gasteiger partial charge on any atom is -0.481 e. The molecule has 0 unspecified atom stereocenters. The van der Waals surface area contributed by atoms with E-state index in [0.717, 1.165) is 6.07 Å². The van der Waals surface area contributed by atoms with Crippen LogP contribution < -0.4 is 26.8 Å². The summed E-state index contributed by atoms with van der Waals surface area (Å²) in [4.78, 5) is 19.9. The van der Waals surface area contributed by atoms with Crippen molar-refractivity contribution < 1.29 is 18.7 Å². The van der Waals surface area contributed by atoms with Gasteiger partial charge in [0.25, 0.3) is 5.91 Å². The van der Waals surface area contributed by atoms with Crippen molar-refractivity contribution in [1.29, 1.82) is 0 Å². The van der Waals surface area contributed by atoms with Gasteiger partial charge >= 0.3 is 0 Å². The molecule has 6 N–H and O–H groups in total. The van der Waals surface area contributed by atoms with E-state index in [9.17, 15) is 9.18 Å². The molecule has 0 bridgehead atoms. The Morgan fingerprint density at radius 3 is 2.93 bits per heavy atom. The van der Waals surface area contributed by atoms with Crippen LogP contribution in [0.5, 0.6) is 5.88 Å². The zero-order chi connectivity index (χ0) is 19.4. The van der Waals surface area contributed by atoms with Crippen LogP contribution in [-0.4, -0.2) is 48.3 Å². The van der Waals surface area contributed by atoms with E-state index in [1.165, 1.54) is 13.3 Å². The summed E-state index contributed by atoms with van der Waals surface area (Å²) in [7, 11) is 1.48. The highest BCUT2D eigenvalue weighted by atomic mass is 19.1. The second kappa shape index (κ2) is 8.14. The highest BCUT2D eigenvalue weighted by molar-refractivity contribution is 5.98. The molecule has 0 spiro atoms. The molecule has 1 aliphatic rings. The summed E-state index contributed by atoms with van der Waals surface area (Å²) in [6, 6.07) is 3.79. The number of pyridine rings is 2. The van der Waals surface area contributed by atoms with Gasteiger partial charge < -0.3 is 31.6 Å². The third kappa shape index (κ3) is 4.41. The first-order valence-corrected chi connectivity index (χ1v) is 8.35. The van der Waals surface area contributed by atoms with Gasteiger partial charge in [-0.15, -0.1) is 0 Å². The van der Waals surface area contributed by atoms with Crippen LogP contribution in [0.15, 0.2) is 24.4 Å². The number of hydrogen-bond donors (Lipinski definition) is 4. The monoisotopic (exact) mass is 376 g/mol. The molecular formula is C17H21FN6O3. The standard InChI is InChI=1S/C17H21FN6O3/c1-26-14-6-9(2-4-21-14)22-16-10(15(20)25)7-11(18)17(24-16)23-13-8-27-5-3-12(13)19/h2,4,6-7,12-13H,3,5,8,19H2,1H3,(H2,20,25)(H2,21,22,23,24)/t12-,13+/m0/s1. The van der Waals surface area contributed by atoms with Gasteiger partial charge in [0.1, 0.15) is 5.82 Å². The second-order valence-electron chi connectivity index (χ2n) is 6.07. The summed E-state index contributed by atoms with van der Waals surface area (Å²) in [5, 5.41) is 5.89. The van der Waals surface area contributed by atoms with E-state index >= 15 is 0 Å². The number of nitrogens with two attached hydrogens (primary N) is 2. The molecule has 2 aromatic rings. The van der Waals surface area contributed by atoms with E-state index < -0.39 is 11.7 Å². The van der Waals surface area contributed by atoms with Gasteiger partial charge in [0.05, 0.1) is 25.3 Å². The Morgan fingerprint density at radius 2 is 2.22 bits per heavy atom. The molecule has 0 radical (unpaired) electrons. The van der Waals surface area contributed by atoms with Gasteiger partial charge in [-0.2, -0.15) is 0 Å². The van der Waals surface area contributed by atoms with Gasteiger partial charge in [-0.25, -0.2) is 14.4 Å². The Hall–Kier alpha value is -2.98. The maximum atomic E-state index is 14.5. The van der Waals surface area contributed by atoms with Crippen molar-refractivity contribution in [2.45, 2.75) is 18.5 Å². The van der Waals surface area contributed by atoms with Crippen molar-refractivity contribution in [2.75, 3.05) is 31.0 Å². The summed E-state index contributed by atoms with van der Waals surface area (Å²) < 4.78 is 24.9. The van der Waals surface area contributed by atoms with E-state index in [2.05, 4.69) is 20.6 Å². The number of aromatic nitrogens is 2. The number of ether oxygens (including phenoxy) is 2. The summed E-state index contributed by atoms with van der Waals surface area (Å²) in [5.74, 6) is -1.10. The molecule has 0 aliphatic carbocycles. The summed E-state index contributed by atoms with van der Waals surface area (Å²) >= 11 is 0. The van der Waals surface area contributed by atoms with Crippen molar-refractivity contribution in [3.63, 3.8) is 0 Å². The molecule has 0 saturated carbocycles. The lowest BCUT2D eigenvalue weighted by Crippen LogP contribution is -2.47. The van der Waals surface area contributed by atoms with Crippen molar-refractivity contribution in [3.8, 4) is 5.88 Å². The second-order valence-corrected chi connectivity index (χ2v) is 6.07. The molecule has 144 valence electrons. The van der Waals surface area contributed by atoms with Gasteiger partial charge in [0.15, 0.2) is 11.6 Å². The molecule has 3 heterocycles. The smallest absolute Gasteiger partial charge is 0.252 e. The fourth-order valence-corrected chi connectivity index (χ4v) is 2.69. The van der Waals surface area contributed by atoms with Gasteiger partial charge in [-0.3, -0.25) is 4.79 Å². The molecule has 1 amide bonds. The quantitative estimate of drug-likeness (QED) is 0.586. The number of halogens is 1. The largest absolute Gasteiger partial charge is 0.481 e. The van der Waals surface area contributed by atoms with E-state index in [1.54, 1.807) is 12.1 Å². The van der Waals surface area contributed by atoms with Crippen LogP contribution in [0.2, 0.25) is 0 Å². The highest BCUT2D eigenvalue weighted by Gasteiger charge is 2.25. The van der Waals surface area contributed by atoms with Crippen LogP contribution in [0.3, 0.4) is 0 Å². The first kappa shape index (κ1) is 18.8. The predicted octanol–water partition coefficient (Wildman–Crippen LogP) is 0.995. The molecular weight excluding hydrogens is 355 g/mol. The van der Waals surface area contributed by atoms with Crippen molar-refractivity contribution in [3.05, 3.63) is 35.8 Å². The Kier molecular flexibility index (Phi) is 5.67. The lowest BCUT2D eigenvalue weighted by atomic mass is 10.0. The minimum atomic E-state index is -0.811. The number of anilines is 3. The number of amides is 1. The molecule has 0 aromatic carbocycles. The first-order valence-electron chi connectivity index (χ1n) is 8.35. The minimum absolute atomic E-state index is 0.0468. The molecule has 10 heteroatoms. The van der Waals surface area contributed by atoms with Gasteiger partial charge in [-0.05, 0) is 18.6 Å². The molecule has 1 fully saturated rings. The van der Waals surface area contributed by atoms with Gasteiger partial charge in [0, 0.05) is 30.6 Å². The normalized spacial score (nSPS) is 19.4. The molecule has 2 atom stereocenters. The third-order valence-corrected chi connectivity index (χ3v) is 4.18. The fraction of sp³-hybridized carbons (Fsp3) is 0.353. The molecule has 1 aliphatic heterocycles. The van der Waals surface area contributed by atoms with E-state index in [1.807, 2.05) is 0 Å².